The van der Waals surface area contributed by atoms with Crippen LogP contribution in [0.4, 0.5) is 0 Å². The third kappa shape index (κ3) is 4.94. The first-order valence-electron chi connectivity index (χ1n) is 7.07. The normalized spacial score (nSPS) is 19.4. The van der Waals surface area contributed by atoms with Crippen molar-refractivity contribution in [2.24, 2.45) is 17.1 Å². The van der Waals surface area contributed by atoms with Gasteiger partial charge in [-0.25, -0.2) is 0 Å². The van der Waals surface area contributed by atoms with Crippen LogP contribution in [0.25, 0.3) is 0 Å². The number of piperidine rings is 1. The van der Waals surface area contributed by atoms with Crippen LogP contribution in [0.1, 0.15) is 40.5 Å². The Morgan fingerprint density at radius 1 is 1.39 bits per heavy atom. The molecule has 1 fully saturated rings. The molecule has 0 spiro atoms. The molecule has 0 saturated carbocycles. The van der Waals surface area contributed by atoms with Gasteiger partial charge in [0.15, 0.2) is 0 Å². The first-order valence-corrected chi connectivity index (χ1v) is 7.07. The van der Waals surface area contributed by atoms with Crippen LogP contribution in [0.2, 0.25) is 0 Å². The Hall–Kier alpha value is -0.610. The molecule has 1 aliphatic rings. The largest absolute Gasteiger partial charge is 0.369 e. The number of amides is 1. The van der Waals surface area contributed by atoms with Gasteiger partial charge in [0.1, 0.15) is 0 Å². The minimum Gasteiger partial charge on any atom is -0.369 e. The Morgan fingerprint density at radius 2 is 1.94 bits per heavy atom. The van der Waals surface area contributed by atoms with Crippen LogP contribution in [0.5, 0.6) is 0 Å². The third-order valence-electron chi connectivity index (χ3n) is 3.71. The minimum atomic E-state index is -0.449. The van der Waals surface area contributed by atoms with Crippen molar-refractivity contribution in [3.8, 4) is 0 Å². The summed E-state index contributed by atoms with van der Waals surface area (Å²) in [6, 6.07) is 0.534. The summed E-state index contributed by atoms with van der Waals surface area (Å²) in [5, 5.41) is 3.49. The number of hydrogen-bond acceptors (Lipinski definition) is 3. The van der Waals surface area contributed by atoms with Crippen molar-refractivity contribution in [2.45, 2.75) is 46.6 Å². The molecule has 0 atom stereocenters. The van der Waals surface area contributed by atoms with Crippen LogP contribution < -0.4 is 11.1 Å². The number of likely N-dealkylation sites (tertiary alicyclic amines) is 1. The summed E-state index contributed by atoms with van der Waals surface area (Å²) >= 11 is 0. The monoisotopic (exact) mass is 255 g/mol. The molecule has 0 radical (unpaired) electrons. The highest BCUT2D eigenvalue weighted by atomic mass is 16.1. The van der Waals surface area contributed by atoms with Crippen molar-refractivity contribution in [2.75, 3.05) is 26.2 Å². The van der Waals surface area contributed by atoms with E-state index in [9.17, 15) is 4.79 Å². The van der Waals surface area contributed by atoms with Crippen LogP contribution in [0, 0.1) is 11.3 Å². The molecule has 0 unspecified atom stereocenters. The Balaban J connectivity index is 2.26. The highest BCUT2D eigenvalue weighted by molar-refractivity contribution is 5.80. The van der Waals surface area contributed by atoms with Crippen LogP contribution in [-0.4, -0.2) is 43.0 Å². The average molecular weight is 255 g/mol. The van der Waals surface area contributed by atoms with Gasteiger partial charge in [0.05, 0.1) is 5.41 Å². The predicted octanol–water partition coefficient (Wildman–Crippen LogP) is 1.21. The Kier molecular flexibility index (Phi) is 5.60. The van der Waals surface area contributed by atoms with E-state index < -0.39 is 5.41 Å². The average Bonchev–Trinajstić information content (AvgIpc) is 2.27. The fourth-order valence-electron chi connectivity index (χ4n) is 2.32. The summed E-state index contributed by atoms with van der Waals surface area (Å²) in [6.45, 7) is 12.5. The maximum atomic E-state index is 11.2. The summed E-state index contributed by atoms with van der Waals surface area (Å²) in [4.78, 5) is 13.8. The van der Waals surface area contributed by atoms with E-state index in [0.717, 1.165) is 19.0 Å². The van der Waals surface area contributed by atoms with Gasteiger partial charge in [-0.2, -0.15) is 0 Å². The molecule has 106 valence electrons. The number of rotatable bonds is 6. The molecule has 3 N–H and O–H groups in total. The second kappa shape index (κ2) is 6.53. The lowest BCUT2D eigenvalue weighted by Gasteiger charge is -2.34. The van der Waals surface area contributed by atoms with Gasteiger partial charge in [0.25, 0.3) is 0 Å². The summed E-state index contributed by atoms with van der Waals surface area (Å²) in [5.74, 6) is 0.510. The Bertz CT molecular complexity index is 268. The number of primary amides is 1. The van der Waals surface area contributed by atoms with E-state index in [1.165, 1.54) is 19.4 Å². The molecule has 0 bridgehead atoms. The topological polar surface area (TPSA) is 58.4 Å². The molecule has 0 aromatic heterocycles. The third-order valence-corrected chi connectivity index (χ3v) is 3.71. The Labute approximate surface area is 111 Å². The molecule has 1 amide bonds. The van der Waals surface area contributed by atoms with E-state index in [4.69, 9.17) is 5.73 Å². The SMILES string of the molecule is CC(C)CN1CCC(NCC(C)(C)C(N)=O)CC1. The van der Waals surface area contributed by atoms with Crippen molar-refractivity contribution >= 4 is 5.91 Å². The lowest BCUT2D eigenvalue weighted by Crippen LogP contribution is -2.48. The lowest BCUT2D eigenvalue weighted by atomic mass is 9.91. The molecule has 0 aromatic rings. The number of carbonyl (C=O) groups is 1. The second-order valence-electron chi connectivity index (χ2n) is 6.60. The fraction of sp³-hybridized carbons (Fsp3) is 0.929. The smallest absolute Gasteiger partial charge is 0.224 e. The zero-order valence-corrected chi connectivity index (χ0v) is 12.3. The standard InChI is InChI=1S/C14H29N3O/c1-11(2)9-17-7-5-12(6-8-17)16-10-14(3,4)13(15)18/h11-12,16H,5-10H2,1-4H3,(H2,15,18). The van der Waals surface area contributed by atoms with Crippen molar-refractivity contribution in [3.05, 3.63) is 0 Å². The molecule has 4 nitrogen and oxygen atoms in total. The van der Waals surface area contributed by atoms with E-state index in [-0.39, 0.29) is 5.91 Å². The van der Waals surface area contributed by atoms with Gasteiger partial charge in [-0.3, -0.25) is 4.79 Å². The molecular formula is C14H29N3O. The zero-order chi connectivity index (χ0) is 13.8. The van der Waals surface area contributed by atoms with Crippen molar-refractivity contribution in [1.82, 2.24) is 10.2 Å². The van der Waals surface area contributed by atoms with Crippen LogP contribution in [0.3, 0.4) is 0 Å². The number of nitrogens with zero attached hydrogens (tertiary/aromatic N) is 1. The fourth-order valence-corrected chi connectivity index (χ4v) is 2.32. The first-order chi connectivity index (χ1) is 8.31. The van der Waals surface area contributed by atoms with Crippen LogP contribution >= 0.6 is 0 Å². The predicted molar refractivity (Wildman–Crippen MR) is 75.3 cm³/mol. The summed E-state index contributed by atoms with van der Waals surface area (Å²) < 4.78 is 0. The van der Waals surface area contributed by atoms with Gasteiger partial charge < -0.3 is 16.0 Å². The van der Waals surface area contributed by atoms with E-state index >= 15 is 0 Å². The molecule has 1 rings (SSSR count). The summed E-state index contributed by atoms with van der Waals surface area (Å²) in [5.41, 5.74) is 4.93. The van der Waals surface area contributed by atoms with Gasteiger partial charge >= 0.3 is 0 Å². The summed E-state index contributed by atoms with van der Waals surface area (Å²) in [6.07, 6.45) is 2.34. The van der Waals surface area contributed by atoms with Crippen LogP contribution in [0.15, 0.2) is 0 Å². The van der Waals surface area contributed by atoms with E-state index in [1.807, 2.05) is 13.8 Å². The maximum absolute atomic E-state index is 11.2. The molecule has 0 aromatic carbocycles. The second-order valence-corrected chi connectivity index (χ2v) is 6.60. The molecule has 1 heterocycles. The molecule has 4 heteroatoms. The molecule has 18 heavy (non-hydrogen) atoms. The van der Waals surface area contributed by atoms with Gasteiger partial charge in [-0.1, -0.05) is 13.8 Å². The van der Waals surface area contributed by atoms with Crippen molar-refractivity contribution in [3.63, 3.8) is 0 Å². The molecular weight excluding hydrogens is 226 g/mol. The van der Waals surface area contributed by atoms with Gasteiger partial charge in [0, 0.05) is 19.1 Å². The first kappa shape index (κ1) is 15.4. The van der Waals surface area contributed by atoms with Gasteiger partial charge in [0.2, 0.25) is 5.91 Å². The summed E-state index contributed by atoms with van der Waals surface area (Å²) in [7, 11) is 0. The van der Waals surface area contributed by atoms with Crippen molar-refractivity contribution in [1.29, 1.82) is 0 Å². The molecule has 1 saturated heterocycles. The highest BCUT2D eigenvalue weighted by Crippen LogP contribution is 2.16. The van der Waals surface area contributed by atoms with Gasteiger partial charge in [-0.15, -0.1) is 0 Å². The molecule has 0 aliphatic carbocycles. The van der Waals surface area contributed by atoms with Crippen LogP contribution in [-0.2, 0) is 4.79 Å². The quantitative estimate of drug-likeness (QED) is 0.750. The maximum Gasteiger partial charge on any atom is 0.224 e. The lowest BCUT2D eigenvalue weighted by molar-refractivity contribution is -0.125. The highest BCUT2D eigenvalue weighted by Gasteiger charge is 2.27. The number of hydrogen-bond donors (Lipinski definition) is 2. The van der Waals surface area contributed by atoms with E-state index in [1.54, 1.807) is 0 Å². The van der Waals surface area contributed by atoms with E-state index in [0.29, 0.717) is 12.6 Å². The number of nitrogens with one attached hydrogen (secondary N) is 1. The number of nitrogens with two attached hydrogens (primary N) is 1. The minimum absolute atomic E-state index is 0.229. The zero-order valence-electron chi connectivity index (χ0n) is 12.3. The van der Waals surface area contributed by atoms with Crippen molar-refractivity contribution < 1.29 is 4.79 Å². The number of carbonyl (C=O) groups excluding carboxylic acids is 1. The van der Waals surface area contributed by atoms with Gasteiger partial charge in [-0.05, 0) is 45.7 Å². The molecule has 1 aliphatic heterocycles. The Morgan fingerprint density at radius 3 is 2.39 bits per heavy atom. The van der Waals surface area contributed by atoms with E-state index in [2.05, 4.69) is 24.1 Å².